The lowest BCUT2D eigenvalue weighted by atomic mass is 10.1. The van der Waals surface area contributed by atoms with Gasteiger partial charge in [-0.2, -0.15) is 0 Å². The van der Waals surface area contributed by atoms with E-state index in [9.17, 15) is 9.00 Å². The summed E-state index contributed by atoms with van der Waals surface area (Å²) >= 11 is 2.55. The maximum atomic E-state index is 11.8. The van der Waals surface area contributed by atoms with Crippen molar-refractivity contribution in [1.82, 2.24) is 5.32 Å². The van der Waals surface area contributed by atoms with Crippen LogP contribution in [-0.4, -0.2) is 27.3 Å². The fraction of sp³-hybridized carbons (Fsp3) is 0.333. The number of hydrogen-bond acceptors (Lipinski definition) is 6. The Balaban J connectivity index is 1.83. The van der Waals surface area contributed by atoms with E-state index in [-0.39, 0.29) is 10.3 Å². The highest BCUT2D eigenvalue weighted by Gasteiger charge is 2.09. The Labute approximate surface area is 202 Å². The van der Waals surface area contributed by atoms with E-state index in [1.165, 1.54) is 0 Å². The Kier molecular flexibility index (Phi) is 10.5. The van der Waals surface area contributed by atoms with Gasteiger partial charge in [0.25, 0.3) is 0 Å². The lowest BCUT2D eigenvalue weighted by Gasteiger charge is -2.12. The minimum atomic E-state index is -1.00. The van der Waals surface area contributed by atoms with Gasteiger partial charge in [0.05, 0.1) is 10.7 Å². The SMILES string of the molecule is C=C(NCCc1ccc(N=C(N)SC(=O)CC(C)C)cc1)Sc1cc(S(C)=O)ccc1C. The molecule has 2 aromatic carbocycles. The highest BCUT2D eigenvalue weighted by molar-refractivity contribution is 8.26. The van der Waals surface area contributed by atoms with Crippen molar-refractivity contribution < 1.29 is 9.00 Å². The number of carbonyl (C=O) groups is 1. The van der Waals surface area contributed by atoms with E-state index < -0.39 is 10.8 Å². The van der Waals surface area contributed by atoms with Crippen LogP contribution in [0.5, 0.6) is 0 Å². The van der Waals surface area contributed by atoms with Crippen molar-refractivity contribution in [2.24, 2.45) is 16.6 Å². The maximum absolute atomic E-state index is 11.8. The molecular weight excluding hydrogens is 458 g/mol. The number of nitrogens with one attached hydrogen (secondary N) is 1. The third kappa shape index (κ3) is 9.22. The van der Waals surface area contributed by atoms with Crippen molar-refractivity contribution in [1.29, 1.82) is 0 Å². The van der Waals surface area contributed by atoms with Crippen LogP contribution in [0, 0.1) is 12.8 Å². The number of nitrogens with two attached hydrogens (primary N) is 1. The first kappa shape index (κ1) is 26.2. The normalized spacial score (nSPS) is 12.6. The standard InChI is InChI=1S/C24H31N3O2S3/c1-16(2)14-23(28)31-24(25)27-20-9-7-19(8-10-20)12-13-26-18(4)30-22-15-21(32(5)29)11-6-17(22)3/h6-11,15-16,26H,4,12-14H2,1-3,5H3,(H2,25,27). The largest absolute Gasteiger partial charge is 0.380 e. The highest BCUT2D eigenvalue weighted by Crippen LogP contribution is 2.29. The van der Waals surface area contributed by atoms with Gasteiger partial charge in [0.2, 0.25) is 0 Å². The number of thioether (sulfide) groups is 2. The highest BCUT2D eigenvalue weighted by atomic mass is 32.2. The lowest BCUT2D eigenvalue weighted by molar-refractivity contribution is -0.111. The Morgan fingerprint density at radius 3 is 2.53 bits per heavy atom. The molecule has 0 amide bonds. The van der Waals surface area contributed by atoms with Crippen LogP contribution in [0.25, 0.3) is 0 Å². The molecule has 1 unspecified atom stereocenters. The van der Waals surface area contributed by atoms with E-state index in [1.54, 1.807) is 18.0 Å². The average Bonchev–Trinajstić information content (AvgIpc) is 2.70. The molecule has 0 radical (unpaired) electrons. The van der Waals surface area contributed by atoms with Crippen molar-refractivity contribution in [2.45, 2.75) is 43.4 Å². The molecule has 0 spiro atoms. The van der Waals surface area contributed by atoms with Gasteiger partial charge in [0, 0.05) is 39.8 Å². The molecule has 0 fully saturated rings. The number of aryl methyl sites for hydroxylation is 1. The molecule has 8 heteroatoms. The summed E-state index contributed by atoms with van der Waals surface area (Å²) in [4.78, 5) is 18.0. The number of benzene rings is 2. The van der Waals surface area contributed by atoms with Crippen molar-refractivity contribution in [3.8, 4) is 0 Å². The minimum Gasteiger partial charge on any atom is -0.380 e. The summed E-state index contributed by atoms with van der Waals surface area (Å²) in [6, 6.07) is 13.7. The van der Waals surface area contributed by atoms with Crippen molar-refractivity contribution in [3.05, 3.63) is 65.2 Å². The van der Waals surface area contributed by atoms with Gasteiger partial charge in [0.15, 0.2) is 10.3 Å². The third-order valence-corrected chi connectivity index (χ3v) is 7.09. The molecular formula is C24H31N3O2S3. The maximum Gasteiger partial charge on any atom is 0.196 e. The van der Waals surface area contributed by atoms with Crippen LogP contribution in [0.1, 0.15) is 31.4 Å². The van der Waals surface area contributed by atoms with Gasteiger partial charge in [-0.3, -0.25) is 9.00 Å². The average molecular weight is 490 g/mol. The van der Waals surface area contributed by atoms with Crippen molar-refractivity contribution >= 4 is 50.3 Å². The number of hydrogen-bond donors (Lipinski definition) is 2. The molecule has 0 heterocycles. The van der Waals surface area contributed by atoms with Crippen LogP contribution in [-0.2, 0) is 22.0 Å². The molecule has 0 aliphatic heterocycles. The molecule has 2 rings (SSSR count). The third-order valence-electron chi connectivity index (χ3n) is 4.43. The van der Waals surface area contributed by atoms with Gasteiger partial charge >= 0.3 is 0 Å². The monoisotopic (exact) mass is 489 g/mol. The van der Waals surface area contributed by atoms with Crippen molar-refractivity contribution in [2.75, 3.05) is 12.8 Å². The topological polar surface area (TPSA) is 84.5 Å². The number of amidine groups is 1. The van der Waals surface area contributed by atoms with E-state index >= 15 is 0 Å². The second-order valence-electron chi connectivity index (χ2n) is 7.77. The summed E-state index contributed by atoms with van der Waals surface area (Å²) in [5.41, 5.74) is 8.91. The summed E-state index contributed by atoms with van der Waals surface area (Å²) < 4.78 is 11.7. The van der Waals surface area contributed by atoms with Crippen molar-refractivity contribution in [3.63, 3.8) is 0 Å². The summed E-state index contributed by atoms with van der Waals surface area (Å²) in [6.07, 6.45) is 3.00. The van der Waals surface area contributed by atoms with Gasteiger partial charge in [0.1, 0.15) is 0 Å². The molecule has 0 bridgehead atoms. The van der Waals surface area contributed by atoms with Crippen LogP contribution in [0.3, 0.4) is 0 Å². The van der Waals surface area contributed by atoms with E-state index in [2.05, 4.69) is 16.9 Å². The molecule has 0 saturated carbocycles. The molecule has 5 nitrogen and oxygen atoms in total. The number of carbonyl (C=O) groups excluding carboxylic acids is 1. The van der Waals surface area contributed by atoms with Gasteiger partial charge in [-0.25, -0.2) is 4.99 Å². The molecule has 1 atom stereocenters. The molecule has 0 saturated heterocycles. The Hall–Kier alpha value is -2.03. The Bertz CT molecular complexity index is 1000. The zero-order valence-corrected chi connectivity index (χ0v) is 21.5. The molecule has 0 aromatic heterocycles. The van der Waals surface area contributed by atoms with Crippen LogP contribution < -0.4 is 11.1 Å². The van der Waals surface area contributed by atoms with E-state index in [1.807, 2.05) is 63.2 Å². The van der Waals surface area contributed by atoms with Gasteiger partial charge < -0.3 is 11.1 Å². The van der Waals surface area contributed by atoms with Crippen LogP contribution in [0.15, 0.2) is 68.9 Å². The molecule has 172 valence electrons. The second-order valence-corrected chi connectivity index (χ2v) is 11.4. The zero-order valence-electron chi connectivity index (χ0n) is 19.0. The summed E-state index contributed by atoms with van der Waals surface area (Å²) in [5, 5.41) is 4.50. The predicted octanol–water partition coefficient (Wildman–Crippen LogP) is 5.38. The number of aliphatic imine (C=N–C) groups is 1. The fourth-order valence-electron chi connectivity index (χ4n) is 2.76. The van der Waals surface area contributed by atoms with E-state index in [0.717, 1.165) is 56.4 Å². The molecule has 32 heavy (non-hydrogen) atoms. The quantitative estimate of drug-likeness (QED) is 0.265. The van der Waals surface area contributed by atoms with Gasteiger partial charge in [-0.1, -0.05) is 50.4 Å². The molecule has 2 aromatic rings. The first-order valence-electron chi connectivity index (χ1n) is 10.3. The first-order valence-corrected chi connectivity index (χ1v) is 13.5. The van der Waals surface area contributed by atoms with Crippen LogP contribution >= 0.6 is 23.5 Å². The molecule has 0 aliphatic carbocycles. The minimum absolute atomic E-state index is 0.0342. The molecule has 0 aliphatic rings. The van der Waals surface area contributed by atoms with Gasteiger partial charge in [-0.15, -0.1) is 0 Å². The number of nitrogens with zero attached hydrogens (tertiary/aromatic N) is 1. The fourth-order valence-corrected chi connectivity index (χ4v) is 5.04. The Morgan fingerprint density at radius 1 is 1.22 bits per heavy atom. The lowest BCUT2D eigenvalue weighted by Crippen LogP contribution is -2.14. The van der Waals surface area contributed by atoms with Gasteiger partial charge in [-0.05, 0) is 66.4 Å². The number of rotatable bonds is 10. The first-order chi connectivity index (χ1) is 15.1. The molecule has 3 N–H and O–H groups in total. The summed E-state index contributed by atoms with van der Waals surface area (Å²) in [6.45, 7) is 10.9. The zero-order chi connectivity index (χ0) is 23.7. The summed E-state index contributed by atoms with van der Waals surface area (Å²) in [7, 11) is -1.00. The Morgan fingerprint density at radius 2 is 1.91 bits per heavy atom. The summed E-state index contributed by atoms with van der Waals surface area (Å²) in [5.74, 6) is 0.307. The van der Waals surface area contributed by atoms with E-state index in [4.69, 9.17) is 5.73 Å². The van der Waals surface area contributed by atoms with Crippen LogP contribution in [0.2, 0.25) is 0 Å². The van der Waals surface area contributed by atoms with E-state index in [0.29, 0.717) is 12.3 Å². The second kappa shape index (κ2) is 12.9. The predicted molar refractivity (Wildman–Crippen MR) is 140 cm³/mol. The smallest absolute Gasteiger partial charge is 0.196 e. The van der Waals surface area contributed by atoms with Crippen LogP contribution in [0.4, 0.5) is 5.69 Å².